The predicted molar refractivity (Wildman–Crippen MR) is 105 cm³/mol. The molecule has 3 nitrogen and oxygen atoms in total. The van der Waals surface area contributed by atoms with E-state index >= 15 is 0 Å². The molecule has 5 heteroatoms. The van der Waals surface area contributed by atoms with E-state index in [1.807, 2.05) is 48.7 Å². The van der Waals surface area contributed by atoms with Crippen molar-refractivity contribution in [1.29, 1.82) is 0 Å². The third-order valence-electron chi connectivity index (χ3n) is 4.21. The summed E-state index contributed by atoms with van der Waals surface area (Å²) in [4.78, 5) is 13.7. The maximum absolute atomic E-state index is 13.7. The monoisotopic (exact) mass is 368 g/mol. The molecule has 0 aliphatic rings. The molecule has 0 saturated heterocycles. The van der Waals surface area contributed by atoms with E-state index in [0.717, 1.165) is 10.4 Å². The van der Waals surface area contributed by atoms with Crippen molar-refractivity contribution in [3.05, 3.63) is 87.9 Å². The van der Waals surface area contributed by atoms with Gasteiger partial charge in [-0.3, -0.25) is 10.1 Å². The van der Waals surface area contributed by atoms with Crippen LogP contribution in [0.1, 0.15) is 29.0 Å². The number of benzene rings is 2. The van der Waals surface area contributed by atoms with Gasteiger partial charge in [0.1, 0.15) is 5.82 Å². The number of anilines is 1. The Kier molecular flexibility index (Phi) is 5.81. The first kappa shape index (κ1) is 18.3. The molecule has 0 aliphatic carbocycles. The summed E-state index contributed by atoms with van der Waals surface area (Å²) < 4.78 is 13.7. The molecule has 0 radical (unpaired) electrons. The second-order valence-electron chi connectivity index (χ2n) is 6.20. The molecular formula is C21H21FN2OS. The molecule has 1 heterocycles. The zero-order chi connectivity index (χ0) is 18.5. The Morgan fingerprint density at radius 2 is 1.85 bits per heavy atom. The van der Waals surface area contributed by atoms with Gasteiger partial charge < -0.3 is 5.32 Å². The van der Waals surface area contributed by atoms with E-state index in [1.54, 1.807) is 30.4 Å². The van der Waals surface area contributed by atoms with Crippen LogP contribution in [0.25, 0.3) is 0 Å². The van der Waals surface area contributed by atoms with E-state index in [0.29, 0.717) is 11.3 Å². The van der Waals surface area contributed by atoms with Crippen LogP contribution in [0.15, 0.2) is 66.0 Å². The zero-order valence-electron chi connectivity index (χ0n) is 14.7. The van der Waals surface area contributed by atoms with Gasteiger partial charge in [0.15, 0.2) is 0 Å². The Hall–Kier alpha value is -2.50. The van der Waals surface area contributed by atoms with Crippen LogP contribution in [0.3, 0.4) is 0 Å². The van der Waals surface area contributed by atoms with Crippen molar-refractivity contribution in [1.82, 2.24) is 5.32 Å². The first-order valence-electron chi connectivity index (χ1n) is 8.46. The van der Waals surface area contributed by atoms with Crippen molar-refractivity contribution >= 4 is 22.9 Å². The highest BCUT2D eigenvalue weighted by molar-refractivity contribution is 7.10. The van der Waals surface area contributed by atoms with Gasteiger partial charge in [0.2, 0.25) is 5.91 Å². The van der Waals surface area contributed by atoms with Crippen LogP contribution in [0.4, 0.5) is 10.1 Å². The number of carbonyl (C=O) groups is 1. The highest BCUT2D eigenvalue weighted by Gasteiger charge is 2.21. The molecular weight excluding hydrogens is 347 g/mol. The number of nitrogens with one attached hydrogen (secondary N) is 2. The molecule has 0 aliphatic heterocycles. The fraction of sp³-hybridized carbons (Fsp3) is 0.190. The van der Waals surface area contributed by atoms with Crippen LogP contribution in [-0.2, 0) is 4.79 Å². The molecule has 0 spiro atoms. The van der Waals surface area contributed by atoms with Crippen molar-refractivity contribution in [2.75, 3.05) is 5.32 Å². The van der Waals surface area contributed by atoms with Crippen LogP contribution in [0.2, 0.25) is 0 Å². The van der Waals surface area contributed by atoms with Gasteiger partial charge >= 0.3 is 0 Å². The number of aryl methyl sites for hydroxylation is 1. The molecule has 0 saturated carbocycles. The van der Waals surface area contributed by atoms with E-state index in [1.165, 1.54) is 6.07 Å². The van der Waals surface area contributed by atoms with Crippen LogP contribution in [0.5, 0.6) is 0 Å². The lowest BCUT2D eigenvalue weighted by molar-refractivity contribution is -0.117. The van der Waals surface area contributed by atoms with Crippen molar-refractivity contribution in [2.24, 2.45) is 0 Å². The summed E-state index contributed by atoms with van der Waals surface area (Å²) in [5.41, 5.74) is 2.10. The lowest BCUT2D eigenvalue weighted by Gasteiger charge is -2.22. The van der Waals surface area contributed by atoms with Crippen molar-refractivity contribution in [2.45, 2.75) is 25.9 Å². The Balaban J connectivity index is 1.74. The Bertz CT molecular complexity index is 865. The zero-order valence-corrected chi connectivity index (χ0v) is 15.5. The normalized spacial score (nSPS) is 13.2. The first-order valence-corrected chi connectivity index (χ1v) is 9.34. The quantitative estimate of drug-likeness (QED) is 0.650. The van der Waals surface area contributed by atoms with Crippen molar-refractivity contribution in [3.8, 4) is 0 Å². The molecule has 0 unspecified atom stereocenters. The minimum Gasteiger partial charge on any atom is -0.325 e. The Morgan fingerprint density at radius 3 is 2.50 bits per heavy atom. The average molecular weight is 368 g/mol. The maximum Gasteiger partial charge on any atom is 0.241 e. The third-order valence-corrected chi connectivity index (χ3v) is 5.15. The van der Waals surface area contributed by atoms with E-state index in [9.17, 15) is 9.18 Å². The average Bonchev–Trinajstić information content (AvgIpc) is 3.17. The van der Waals surface area contributed by atoms with Gasteiger partial charge in [-0.1, -0.05) is 42.5 Å². The van der Waals surface area contributed by atoms with Crippen molar-refractivity contribution in [3.63, 3.8) is 0 Å². The van der Waals surface area contributed by atoms with Gasteiger partial charge in [-0.15, -0.1) is 11.3 Å². The summed E-state index contributed by atoms with van der Waals surface area (Å²) >= 11 is 1.64. The first-order chi connectivity index (χ1) is 12.5. The SMILES string of the molecule is Cc1ccc(NC(=O)[C@@H](C)N[C@H](c2ccccc2)c2cccs2)cc1F. The standard InChI is InChI=1S/C21H21FN2OS/c1-14-10-11-17(13-18(14)22)24-21(25)15(2)23-20(19-9-6-12-26-19)16-7-4-3-5-8-16/h3-13,15,20,23H,1-2H3,(H,24,25)/t15-,20-/m1/s1. The van der Waals surface area contributed by atoms with E-state index in [4.69, 9.17) is 0 Å². The molecule has 2 atom stereocenters. The summed E-state index contributed by atoms with van der Waals surface area (Å²) in [7, 11) is 0. The van der Waals surface area contributed by atoms with Crippen molar-refractivity contribution < 1.29 is 9.18 Å². The molecule has 2 N–H and O–H groups in total. The molecule has 1 aromatic heterocycles. The molecule has 2 aromatic carbocycles. The molecule has 134 valence electrons. The highest BCUT2D eigenvalue weighted by Crippen LogP contribution is 2.26. The number of thiophene rings is 1. The number of hydrogen-bond acceptors (Lipinski definition) is 3. The minimum absolute atomic E-state index is 0.0771. The smallest absolute Gasteiger partial charge is 0.241 e. The fourth-order valence-electron chi connectivity index (χ4n) is 2.69. The lowest BCUT2D eigenvalue weighted by Crippen LogP contribution is -2.40. The molecule has 3 aromatic rings. The maximum atomic E-state index is 13.7. The summed E-state index contributed by atoms with van der Waals surface area (Å²) in [5, 5.41) is 8.18. The Labute approximate surface area is 156 Å². The third kappa shape index (κ3) is 4.36. The van der Waals surface area contributed by atoms with Crippen LogP contribution >= 0.6 is 11.3 Å². The van der Waals surface area contributed by atoms with Gasteiger partial charge in [0, 0.05) is 10.6 Å². The van der Waals surface area contributed by atoms with Crippen LogP contribution in [-0.4, -0.2) is 11.9 Å². The van der Waals surface area contributed by atoms with Crippen LogP contribution in [0, 0.1) is 12.7 Å². The van der Waals surface area contributed by atoms with E-state index in [2.05, 4.69) is 16.7 Å². The van der Waals surface area contributed by atoms with Gasteiger partial charge in [0.05, 0.1) is 12.1 Å². The lowest BCUT2D eigenvalue weighted by atomic mass is 10.0. The van der Waals surface area contributed by atoms with Crippen LogP contribution < -0.4 is 10.6 Å². The number of halogens is 1. The van der Waals surface area contributed by atoms with E-state index in [-0.39, 0.29) is 17.8 Å². The number of amides is 1. The predicted octanol–water partition coefficient (Wildman–Crippen LogP) is 4.90. The molecule has 0 bridgehead atoms. The fourth-order valence-corrected chi connectivity index (χ4v) is 3.50. The van der Waals surface area contributed by atoms with Gasteiger partial charge in [-0.25, -0.2) is 4.39 Å². The number of carbonyl (C=O) groups excluding carboxylic acids is 1. The highest BCUT2D eigenvalue weighted by atomic mass is 32.1. The number of rotatable bonds is 6. The largest absolute Gasteiger partial charge is 0.325 e. The molecule has 1 amide bonds. The van der Waals surface area contributed by atoms with E-state index < -0.39 is 6.04 Å². The van der Waals surface area contributed by atoms with Gasteiger partial charge in [0.25, 0.3) is 0 Å². The topological polar surface area (TPSA) is 41.1 Å². The summed E-state index contributed by atoms with van der Waals surface area (Å²) in [5.74, 6) is -0.532. The minimum atomic E-state index is -0.452. The van der Waals surface area contributed by atoms with Gasteiger partial charge in [-0.2, -0.15) is 0 Å². The Morgan fingerprint density at radius 1 is 1.08 bits per heavy atom. The van der Waals surface area contributed by atoms with Gasteiger partial charge in [-0.05, 0) is 48.6 Å². The molecule has 26 heavy (non-hydrogen) atoms. The molecule has 0 fully saturated rings. The number of hydrogen-bond donors (Lipinski definition) is 2. The summed E-state index contributed by atoms with van der Waals surface area (Å²) in [6.45, 7) is 3.50. The molecule has 3 rings (SSSR count). The second-order valence-corrected chi connectivity index (χ2v) is 7.18. The summed E-state index contributed by atoms with van der Waals surface area (Å²) in [6.07, 6.45) is 0. The second kappa shape index (κ2) is 8.25. The summed E-state index contributed by atoms with van der Waals surface area (Å²) in [6, 6.07) is 18.2.